The molecule has 1 atom stereocenters. The molecule has 1 amide bonds. The average molecular weight is 406 g/mol. The van der Waals surface area contributed by atoms with Crippen molar-refractivity contribution in [2.45, 2.75) is 6.04 Å². The van der Waals surface area contributed by atoms with Crippen molar-refractivity contribution in [3.05, 3.63) is 102 Å². The van der Waals surface area contributed by atoms with E-state index in [0.717, 1.165) is 16.3 Å². The lowest BCUT2D eigenvalue weighted by atomic mass is 10.0. The number of hydrogen-bond acceptors (Lipinski definition) is 3. The molecule has 4 nitrogen and oxygen atoms in total. The minimum Gasteiger partial charge on any atom is -0.370 e. The summed E-state index contributed by atoms with van der Waals surface area (Å²) in [6, 6.07) is 19.7. The maximum absolute atomic E-state index is 13.3. The summed E-state index contributed by atoms with van der Waals surface area (Å²) in [5.41, 5.74) is 2.05. The van der Waals surface area contributed by atoms with Crippen LogP contribution >= 0.6 is 11.6 Å². The predicted molar refractivity (Wildman–Crippen MR) is 115 cm³/mol. The fourth-order valence-electron chi connectivity index (χ4n) is 3.10. The summed E-state index contributed by atoms with van der Waals surface area (Å²) in [6.45, 7) is 0. The van der Waals surface area contributed by atoms with E-state index in [0.29, 0.717) is 16.4 Å². The highest BCUT2D eigenvalue weighted by atomic mass is 35.5. The summed E-state index contributed by atoms with van der Waals surface area (Å²) in [6.07, 6.45) is 3.43. The Morgan fingerprint density at radius 2 is 1.72 bits per heavy atom. The number of rotatable bonds is 5. The van der Waals surface area contributed by atoms with Gasteiger partial charge in [-0.3, -0.25) is 9.78 Å². The third kappa shape index (κ3) is 4.36. The van der Waals surface area contributed by atoms with Crippen LogP contribution in [0.2, 0.25) is 5.02 Å². The van der Waals surface area contributed by atoms with Gasteiger partial charge in [0.1, 0.15) is 11.9 Å². The second-order valence-corrected chi connectivity index (χ2v) is 6.96. The van der Waals surface area contributed by atoms with Crippen LogP contribution in [0.4, 0.5) is 15.8 Å². The Labute approximate surface area is 172 Å². The number of aromatic nitrogens is 1. The number of carbonyl (C=O) groups excluding carboxylic acids is 1. The molecule has 1 aromatic heterocycles. The van der Waals surface area contributed by atoms with Gasteiger partial charge in [-0.15, -0.1) is 0 Å². The minimum absolute atomic E-state index is 0.249. The van der Waals surface area contributed by atoms with Crippen molar-refractivity contribution < 1.29 is 9.18 Å². The smallest absolute Gasteiger partial charge is 0.251 e. The molecule has 3 aromatic carbocycles. The number of nitrogens with zero attached hydrogens (tertiary/aromatic N) is 1. The van der Waals surface area contributed by atoms with Crippen LogP contribution in [0.15, 0.2) is 85.2 Å². The van der Waals surface area contributed by atoms with Gasteiger partial charge in [0, 0.05) is 39.6 Å². The predicted octanol–water partition coefficient (Wildman–Crippen LogP) is 5.82. The van der Waals surface area contributed by atoms with Crippen molar-refractivity contribution in [2.75, 3.05) is 10.6 Å². The zero-order valence-corrected chi connectivity index (χ0v) is 16.0. The van der Waals surface area contributed by atoms with Crippen LogP contribution in [0, 0.1) is 5.82 Å². The van der Waals surface area contributed by atoms with E-state index in [1.165, 1.54) is 12.1 Å². The molecule has 4 rings (SSSR count). The second-order valence-electron chi connectivity index (χ2n) is 6.53. The van der Waals surface area contributed by atoms with Gasteiger partial charge in [-0.25, -0.2) is 4.39 Å². The van der Waals surface area contributed by atoms with Crippen molar-refractivity contribution in [1.29, 1.82) is 0 Å². The molecular weight excluding hydrogens is 389 g/mol. The molecular formula is C23H17ClFN3O. The largest absolute Gasteiger partial charge is 0.370 e. The summed E-state index contributed by atoms with van der Waals surface area (Å²) < 4.78 is 13.3. The van der Waals surface area contributed by atoms with E-state index >= 15 is 0 Å². The summed E-state index contributed by atoms with van der Waals surface area (Å²) in [4.78, 5) is 17.3. The van der Waals surface area contributed by atoms with Crippen molar-refractivity contribution in [2.24, 2.45) is 0 Å². The molecule has 1 heterocycles. The first-order chi connectivity index (χ1) is 14.1. The lowest BCUT2D eigenvalue weighted by Crippen LogP contribution is -2.27. The topological polar surface area (TPSA) is 54.0 Å². The van der Waals surface area contributed by atoms with Gasteiger partial charge in [0.05, 0.1) is 0 Å². The molecule has 0 saturated heterocycles. The Kier molecular flexibility index (Phi) is 5.40. The highest BCUT2D eigenvalue weighted by Gasteiger charge is 2.21. The number of pyridine rings is 1. The number of carbonyl (C=O) groups is 1. The van der Waals surface area contributed by atoms with Gasteiger partial charge < -0.3 is 10.6 Å². The zero-order valence-electron chi connectivity index (χ0n) is 15.3. The first kappa shape index (κ1) is 18.9. The minimum atomic E-state index is -0.699. The van der Waals surface area contributed by atoms with E-state index in [9.17, 15) is 9.18 Å². The standard InChI is InChI=1S/C23H17ClFN3O/c24-17-6-4-15(5-7-17)22(27-19-10-8-18(25)9-11-19)23(29)28-21-3-1-2-16-14-26-13-12-20(16)21/h1-14,22,27H,(H,28,29). The van der Waals surface area contributed by atoms with E-state index in [-0.39, 0.29) is 11.7 Å². The third-order valence-electron chi connectivity index (χ3n) is 4.56. The van der Waals surface area contributed by atoms with Crippen LogP contribution in [0.1, 0.15) is 11.6 Å². The van der Waals surface area contributed by atoms with E-state index < -0.39 is 6.04 Å². The van der Waals surface area contributed by atoms with Gasteiger partial charge in [-0.1, -0.05) is 35.9 Å². The Hall–Kier alpha value is -3.44. The molecule has 1 unspecified atom stereocenters. The molecule has 0 aliphatic heterocycles. The molecule has 0 radical (unpaired) electrons. The van der Waals surface area contributed by atoms with Crippen molar-refractivity contribution in [3.8, 4) is 0 Å². The Balaban J connectivity index is 1.66. The fraction of sp³-hybridized carbons (Fsp3) is 0.0435. The van der Waals surface area contributed by atoms with E-state index in [1.54, 1.807) is 48.8 Å². The summed E-state index contributed by atoms with van der Waals surface area (Å²) in [5.74, 6) is -0.589. The van der Waals surface area contributed by atoms with Gasteiger partial charge in [-0.2, -0.15) is 0 Å². The third-order valence-corrected chi connectivity index (χ3v) is 4.81. The van der Waals surface area contributed by atoms with Crippen LogP contribution < -0.4 is 10.6 Å². The SMILES string of the molecule is O=C(Nc1cccc2cnccc12)C(Nc1ccc(F)cc1)c1ccc(Cl)cc1. The number of hydrogen-bond donors (Lipinski definition) is 2. The first-order valence-corrected chi connectivity index (χ1v) is 9.39. The molecule has 0 fully saturated rings. The molecule has 0 saturated carbocycles. The summed E-state index contributed by atoms with van der Waals surface area (Å²) in [5, 5.41) is 8.58. The van der Waals surface area contributed by atoms with Crippen molar-refractivity contribution in [1.82, 2.24) is 4.98 Å². The zero-order chi connectivity index (χ0) is 20.2. The number of benzene rings is 3. The molecule has 0 aliphatic carbocycles. The van der Waals surface area contributed by atoms with E-state index in [2.05, 4.69) is 15.6 Å². The normalized spacial score (nSPS) is 11.8. The lowest BCUT2D eigenvalue weighted by molar-refractivity contribution is -0.117. The number of nitrogens with one attached hydrogen (secondary N) is 2. The highest BCUT2D eigenvalue weighted by molar-refractivity contribution is 6.30. The number of halogens is 2. The van der Waals surface area contributed by atoms with E-state index in [1.807, 2.05) is 24.3 Å². The molecule has 29 heavy (non-hydrogen) atoms. The Morgan fingerprint density at radius 3 is 2.48 bits per heavy atom. The molecule has 0 aliphatic rings. The van der Waals surface area contributed by atoms with Crippen molar-refractivity contribution in [3.63, 3.8) is 0 Å². The average Bonchev–Trinajstić information content (AvgIpc) is 2.74. The number of fused-ring (bicyclic) bond motifs is 1. The number of amides is 1. The fourth-order valence-corrected chi connectivity index (χ4v) is 3.23. The summed E-state index contributed by atoms with van der Waals surface area (Å²) >= 11 is 6.00. The second kappa shape index (κ2) is 8.29. The van der Waals surface area contributed by atoms with Gasteiger partial charge in [0.15, 0.2) is 0 Å². The van der Waals surface area contributed by atoms with Gasteiger partial charge in [-0.05, 0) is 54.1 Å². The maximum atomic E-state index is 13.3. The highest BCUT2D eigenvalue weighted by Crippen LogP contribution is 2.26. The Bertz CT molecular complexity index is 1140. The van der Waals surface area contributed by atoms with E-state index in [4.69, 9.17) is 11.6 Å². The molecule has 2 N–H and O–H groups in total. The monoisotopic (exact) mass is 405 g/mol. The lowest BCUT2D eigenvalue weighted by Gasteiger charge is -2.21. The molecule has 144 valence electrons. The molecule has 6 heteroatoms. The molecule has 0 bridgehead atoms. The molecule has 0 spiro atoms. The first-order valence-electron chi connectivity index (χ1n) is 9.01. The number of anilines is 2. The molecule has 4 aromatic rings. The van der Waals surface area contributed by atoms with Gasteiger partial charge in [0.2, 0.25) is 0 Å². The van der Waals surface area contributed by atoms with Crippen LogP contribution in [-0.4, -0.2) is 10.9 Å². The van der Waals surface area contributed by atoms with Crippen LogP contribution in [0.3, 0.4) is 0 Å². The van der Waals surface area contributed by atoms with Gasteiger partial charge in [0.25, 0.3) is 5.91 Å². The van der Waals surface area contributed by atoms with Crippen LogP contribution in [0.25, 0.3) is 10.8 Å². The summed E-state index contributed by atoms with van der Waals surface area (Å²) in [7, 11) is 0. The van der Waals surface area contributed by atoms with Crippen LogP contribution in [-0.2, 0) is 4.79 Å². The van der Waals surface area contributed by atoms with Crippen LogP contribution in [0.5, 0.6) is 0 Å². The van der Waals surface area contributed by atoms with Gasteiger partial charge >= 0.3 is 0 Å². The van der Waals surface area contributed by atoms with Crippen molar-refractivity contribution >= 4 is 39.7 Å². The quantitative estimate of drug-likeness (QED) is 0.440. The maximum Gasteiger partial charge on any atom is 0.251 e. The Morgan fingerprint density at radius 1 is 0.966 bits per heavy atom.